The van der Waals surface area contributed by atoms with Crippen LogP contribution in [0.15, 0.2) is 22.5 Å². The van der Waals surface area contributed by atoms with Gasteiger partial charge in [-0.2, -0.15) is 0 Å². The van der Waals surface area contributed by atoms with Crippen molar-refractivity contribution in [3.05, 3.63) is 22.5 Å². The number of ether oxygens (including phenoxy) is 3. The van der Waals surface area contributed by atoms with E-state index >= 15 is 0 Å². The number of aliphatic hydroxyl groups excluding tert-OH is 3. The molecule has 0 aromatic rings. The number of methoxy groups -OCH3 is 1. The molecule has 2 heterocycles. The summed E-state index contributed by atoms with van der Waals surface area (Å²) in [6.07, 6.45) is 22.5. The lowest BCUT2D eigenvalue weighted by Gasteiger charge is -2.24. The van der Waals surface area contributed by atoms with Crippen molar-refractivity contribution in [1.29, 1.82) is 0 Å². The number of halogens is 1. The molecule has 3 rings (SSSR count). The standard InChI is InChI=1S/C44H75FO8/c1-5-6-7-8-9-14-17-20-23-34(46)37-27-29-39(52-37)40-30-28-38(53-40)35(47)24-21-18-15-12-10-11-13-16-19-22-33(45)25-26-36(48)41-31(2)43(50)44(51-4)32(3)42(41)49/h33-40,46-48H,5-30H2,1-4H3/t33?,34-,35?,36?,37+,38+,39+,40+/m0/s1/i45-1. The maximum atomic E-state index is 14.6. The molecule has 2 saturated heterocycles. The molecule has 2 aliphatic heterocycles. The molecule has 53 heavy (non-hydrogen) atoms. The summed E-state index contributed by atoms with van der Waals surface area (Å²) in [6.45, 7) is 5.27. The van der Waals surface area contributed by atoms with E-state index < -0.39 is 29.9 Å². The van der Waals surface area contributed by atoms with Crippen molar-refractivity contribution in [2.45, 2.75) is 237 Å². The summed E-state index contributed by atoms with van der Waals surface area (Å²) < 4.78 is 32.2. The van der Waals surface area contributed by atoms with Crippen LogP contribution in [0.1, 0.15) is 188 Å². The lowest BCUT2D eigenvalue weighted by molar-refractivity contribution is -0.119. The molecule has 8 atom stereocenters. The van der Waals surface area contributed by atoms with E-state index in [0.717, 1.165) is 96.3 Å². The Hall–Kier alpha value is -1.65. The Morgan fingerprint density at radius 2 is 1.04 bits per heavy atom. The molecule has 0 saturated carbocycles. The van der Waals surface area contributed by atoms with Gasteiger partial charge >= 0.3 is 0 Å². The van der Waals surface area contributed by atoms with Crippen molar-refractivity contribution in [3.63, 3.8) is 0 Å². The minimum absolute atomic E-state index is 0.0107. The average molecular weight is 750 g/mol. The maximum Gasteiger partial charge on any atom is 0.224 e. The summed E-state index contributed by atoms with van der Waals surface area (Å²) >= 11 is 0. The summed E-state index contributed by atoms with van der Waals surface area (Å²) in [4.78, 5) is 25.1. The second-order valence-corrected chi connectivity index (χ2v) is 16.3. The first-order chi connectivity index (χ1) is 25.6. The number of allylic oxidation sites excluding steroid dienone is 2. The molecule has 1 aliphatic carbocycles. The number of carbonyl (C=O) groups is 2. The quantitative estimate of drug-likeness (QED) is 0.0511. The van der Waals surface area contributed by atoms with Crippen LogP contribution in [0.5, 0.6) is 0 Å². The fraction of sp³-hybridized carbons (Fsp3) is 0.864. The van der Waals surface area contributed by atoms with Gasteiger partial charge in [-0.3, -0.25) is 9.59 Å². The zero-order chi connectivity index (χ0) is 38.6. The third-order valence-corrected chi connectivity index (χ3v) is 12.0. The summed E-state index contributed by atoms with van der Waals surface area (Å²) in [5, 5.41) is 32.1. The number of hydrogen-bond acceptors (Lipinski definition) is 8. The summed E-state index contributed by atoms with van der Waals surface area (Å²) in [5.74, 6) is -0.795. The van der Waals surface area contributed by atoms with Crippen LogP contribution < -0.4 is 0 Å². The molecule has 9 heteroatoms. The fourth-order valence-corrected chi connectivity index (χ4v) is 8.52. The first-order valence-corrected chi connectivity index (χ1v) is 21.6. The van der Waals surface area contributed by atoms with Crippen LogP contribution in [0.2, 0.25) is 0 Å². The molecule has 3 unspecified atom stereocenters. The monoisotopic (exact) mass is 750 g/mol. The van der Waals surface area contributed by atoms with Gasteiger partial charge in [-0.25, -0.2) is 4.39 Å². The molecule has 0 aromatic heterocycles. The summed E-state index contributed by atoms with van der Waals surface area (Å²) in [6, 6.07) is 0. The predicted molar refractivity (Wildman–Crippen MR) is 208 cm³/mol. The van der Waals surface area contributed by atoms with Crippen LogP contribution in [0.3, 0.4) is 0 Å². The van der Waals surface area contributed by atoms with Gasteiger partial charge in [0.1, 0.15) is 6.17 Å². The van der Waals surface area contributed by atoms with Gasteiger partial charge in [-0.1, -0.05) is 116 Å². The number of rotatable bonds is 29. The van der Waals surface area contributed by atoms with E-state index in [1.165, 1.54) is 72.3 Å². The number of hydrogen-bond donors (Lipinski definition) is 3. The summed E-state index contributed by atoms with van der Waals surface area (Å²) in [5.41, 5.74) is 0.426. The van der Waals surface area contributed by atoms with Crippen LogP contribution in [0.25, 0.3) is 0 Å². The van der Waals surface area contributed by atoms with Crippen LogP contribution in [-0.2, 0) is 23.8 Å². The largest absolute Gasteiger partial charge is 0.492 e. The van der Waals surface area contributed by atoms with Crippen LogP contribution in [-0.4, -0.2) is 82.9 Å². The lowest BCUT2D eigenvalue weighted by Crippen LogP contribution is -2.33. The van der Waals surface area contributed by atoms with E-state index in [2.05, 4.69) is 6.92 Å². The number of alkyl halides is 1. The van der Waals surface area contributed by atoms with E-state index in [0.29, 0.717) is 6.42 Å². The molecule has 0 aromatic carbocycles. The molecule has 0 bridgehead atoms. The third kappa shape index (κ3) is 15.4. The number of unbranched alkanes of at least 4 members (excludes halogenated alkanes) is 15. The van der Waals surface area contributed by atoms with Gasteiger partial charge in [-0.15, -0.1) is 0 Å². The first kappa shape index (κ1) is 45.7. The normalized spacial score (nSPS) is 24.7. The van der Waals surface area contributed by atoms with Gasteiger partial charge in [-0.05, 0) is 71.6 Å². The Morgan fingerprint density at radius 1 is 0.604 bits per heavy atom. The molecule has 3 N–H and O–H groups in total. The first-order valence-electron chi connectivity index (χ1n) is 21.6. The van der Waals surface area contributed by atoms with Gasteiger partial charge in [0.2, 0.25) is 5.78 Å². The highest BCUT2D eigenvalue weighted by atomic mass is 18.2. The van der Waals surface area contributed by atoms with Gasteiger partial charge in [0.25, 0.3) is 0 Å². The van der Waals surface area contributed by atoms with Crippen molar-refractivity contribution in [2.24, 2.45) is 0 Å². The van der Waals surface area contributed by atoms with Gasteiger partial charge in [0.15, 0.2) is 11.5 Å². The SMILES string of the molecule is CCCCCCCCCC[C@H](O)[C@H]1CC[C@H]([C@H]2CC[C@H](C(O)CCCCCCCCCCCC([18F])CCC(O)C3=C(C)C(=O)C(OC)=C(C)C3=O)O2)O1. The number of aliphatic hydroxyl groups is 3. The van der Waals surface area contributed by atoms with Crippen molar-refractivity contribution < 1.29 is 43.5 Å². The smallest absolute Gasteiger partial charge is 0.224 e. The van der Waals surface area contributed by atoms with E-state index in [4.69, 9.17) is 14.2 Å². The Labute approximate surface area is 320 Å². The van der Waals surface area contributed by atoms with Crippen molar-refractivity contribution >= 4 is 11.6 Å². The molecule has 8 nitrogen and oxygen atoms in total. The van der Waals surface area contributed by atoms with Gasteiger partial charge in [0, 0.05) is 16.7 Å². The molecule has 306 valence electrons. The van der Waals surface area contributed by atoms with E-state index in [-0.39, 0.29) is 65.8 Å². The number of carbonyl (C=O) groups excluding carboxylic acids is 2. The second kappa shape index (κ2) is 25.5. The molecule has 3 aliphatic rings. The van der Waals surface area contributed by atoms with Crippen LogP contribution in [0, 0.1) is 0 Å². The molecule has 0 spiro atoms. The fourth-order valence-electron chi connectivity index (χ4n) is 8.52. The lowest BCUT2D eigenvalue weighted by atomic mass is 9.85. The van der Waals surface area contributed by atoms with E-state index in [9.17, 15) is 29.3 Å². The van der Waals surface area contributed by atoms with Crippen molar-refractivity contribution in [3.8, 4) is 0 Å². The third-order valence-electron chi connectivity index (χ3n) is 12.0. The van der Waals surface area contributed by atoms with Crippen LogP contribution >= 0.6 is 0 Å². The Bertz CT molecular complexity index is 1140. The molecular formula is C44H75FO8. The Kier molecular flexibility index (Phi) is 22.0. The van der Waals surface area contributed by atoms with E-state index in [1.807, 2.05) is 0 Å². The highest BCUT2D eigenvalue weighted by molar-refractivity contribution is 6.24. The van der Waals surface area contributed by atoms with E-state index in [1.54, 1.807) is 0 Å². The minimum Gasteiger partial charge on any atom is -0.492 e. The maximum absolute atomic E-state index is 14.6. The van der Waals surface area contributed by atoms with Gasteiger partial charge < -0.3 is 29.5 Å². The number of ketones is 2. The second-order valence-electron chi connectivity index (χ2n) is 16.3. The molecule has 0 amide bonds. The van der Waals surface area contributed by atoms with Crippen molar-refractivity contribution in [1.82, 2.24) is 0 Å². The van der Waals surface area contributed by atoms with Crippen LogP contribution in [0.4, 0.5) is 4.39 Å². The highest BCUT2D eigenvalue weighted by Crippen LogP contribution is 2.35. The zero-order valence-corrected chi connectivity index (χ0v) is 33.8. The Balaban J connectivity index is 1.14. The van der Waals surface area contributed by atoms with Gasteiger partial charge in [0.05, 0.1) is 49.8 Å². The van der Waals surface area contributed by atoms with Crippen molar-refractivity contribution in [2.75, 3.05) is 7.11 Å². The zero-order valence-electron chi connectivity index (χ0n) is 33.8. The topological polar surface area (TPSA) is 123 Å². The highest BCUT2D eigenvalue weighted by Gasteiger charge is 2.41. The molecular weight excluding hydrogens is 674 g/mol. The minimum atomic E-state index is -1.16. The summed E-state index contributed by atoms with van der Waals surface area (Å²) in [7, 11) is 1.34. The molecule has 2 fully saturated rings. The Morgan fingerprint density at radius 3 is 1.49 bits per heavy atom. The number of Topliss-reactive ketones (excluding diaryl/α,β-unsaturated/α-hetero) is 2. The predicted octanol–water partition coefficient (Wildman–Crippen LogP) is 9.49. The average Bonchev–Trinajstić information content (AvgIpc) is 3.85. The molecule has 0 radical (unpaired) electrons.